The molecule has 0 N–H and O–H groups in total. The average Bonchev–Trinajstić information content (AvgIpc) is 2.23. The van der Waals surface area contributed by atoms with E-state index in [1.165, 1.54) is 6.26 Å². The Bertz CT molecular complexity index is 259. The molecule has 4 nitrogen and oxygen atoms in total. The quantitative estimate of drug-likeness (QED) is 0.378. The number of hydrogen-bond donors (Lipinski definition) is 0. The summed E-state index contributed by atoms with van der Waals surface area (Å²) in [6, 6.07) is 0. The van der Waals surface area contributed by atoms with Crippen LogP contribution in [0.4, 0.5) is 0 Å². The fourth-order valence-electron chi connectivity index (χ4n) is 1.16. The number of hydrogen-bond acceptors (Lipinski definition) is 4. The van der Waals surface area contributed by atoms with Crippen LogP contribution < -0.4 is 0 Å². The number of nitrogens with zero attached hydrogens (tertiary/aromatic N) is 1. The van der Waals surface area contributed by atoms with E-state index in [9.17, 15) is 4.79 Å². The van der Waals surface area contributed by atoms with Crippen molar-refractivity contribution in [1.29, 1.82) is 0 Å². The molecule has 16 heavy (non-hydrogen) atoms. The molecule has 0 fully saturated rings. The van der Waals surface area contributed by atoms with Crippen LogP contribution in [0.15, 0.2) is 24.6 Å². The monoisotopic (exact) mass is 227 g/mol. The Balaban J connectivity index is 4.79. The molecule has 0 aromatic carbocycles. The number of rotatable bonds is 7. The minimum Gasteiger partial charge on any atom is -0.495 e. The Morgan fingerprint density at radius 3 is 2.44 bits per heavy atom. The smallest absolute Gasteiger partial charge is 0.354 e. The molecular weight excluding hydrogens is 206 g/mol. The molecule has 1 atom stereocenters. The number of likely N-dealkylation sites (N-methyl/N-ethyl adjacent to an activating group) is 1. The van der Waals surface area contributed by atoms with Gasteiger partial charge in [-0.25, -0.2) is 4.79 Å². The largest absolute Gasteiger partial charge is 0.495 e. The highest BCUT2D eigenvalue weighted by Crippen LogP contribution is 2.09. The first-order chi connectivity index (χ1) is 7.56. The summed E-state index contributed by atoms with van der Waals surface area (Å²) in [5.74, 6) is -0.335. The predicted molar refractivity (Wildman–Crippen MR) is 63.8 cm³/mol. The average molecular weight is 227 g/mol. The zero-order valence-corrected chi connectivity index (χ0v) is 10.5. The molecule has 0 amide bonds. The van der Waals surface area contributed by atoms with E-state index in [0.29, 0.717) is 12.3 Å². The molecule has 1 unspecified atom stereocenters. The molecule has 0 bridgehead atoms. The highest BCUT2D eigenvalue weighted by Gasteiger charge is 2.15. The maximum atomic E-state index is 11.6. The molecule has 0 aliphatic rings. The maximum Gasteiger partial charge on any atom is 0.354 e. The van der Waals surface area contributed by atoms with Gasteiger partial charge in [-0.3, -0.25) is 0 Å². The lowest BCUT2D eigenvalue weighted by Crippen LogP contribution is -2.23. The molecule has 0 aliphatic carbocycles. The van der Waals surface area contributed by atoms with Gasteiger partial charge < -0.3 is 14.4 Å². The standard InChI is InChI=1S/C12H21NO3/c1-6-10(15-7-2)9-11(13(4)5)12(14)16-8-3/h7,9-10H,2,6,8H2,1,3-5H3. The van der Waals surface area contributed by atoms with Crippen molar-refractivity contribution in [2.75, 3.05) is 20.7 Å². The normalized spacial score (nSPS) is 12.9. The zero-order valence-electron chi connectivity index (χ0n) is 10.5. The first-order valence-electron chi connectivity index (χ1n) is 5.39. The van der Waals surface area contributed by atoms with Gasteiger partial charge in [0.05, 0.1) is 12.9 Å². The third-order valence-corrected chi connectivity index (χ3v) is 1.98. The molecule has 0 aromatic heterocycles. The van der Waals surface area contributed by atoms with Crippen LogP contribution in [0.25, 0.3) is 0 Å². The predicted octanol–water partition coefficient (Wildman–Crippen LogP) is 1.93. The minimum atomic E-state index is -0.335. The van der Waals surface area contributed by atoms with Crippen molar-refractivity contribution in [2.24, 2.45) is 0 Å². The summed E-state index contributed by atoms with van der Waals surface area (Å²) < 4.78 is 10.2. The SMILES string of the molecule is C=COC(C=C(C(=O)OCC)N(C)C)CC. The molecule has 0 aromatic rings. The summed E-state index contributed by atoms with van der Waals surface area (Å²) in [6.07, 6.45) is 3.74. The van der Waals surface area contributed by atoms with Gasteiger partial charge in [-0.2, -0.15) is 0 Å². The fourth-order valence-corrected chi connectivity index (χ4v) is 1.16. The Morgan fingerprint density at radius 1 is 1.44 bits per heavy atom. The van der Waals surface area contributed by atoms with E-state index < -0.39 is 0 Å². The number of ether oxygens (including phenoxy) is 2. The number of carbonyl (C=O) groups is 1. The molecule has 0 spiro atoms. The molecule has 0 heterocycles. The summed E-state index contributed by atoms with van der Waals surface area (Å²) in [5.41, 5.74) is 0.496. The van der Waals surface area contributed by atoms with Crippen LogP contribution in [0, 0.1) is 0 Å². The van der Waals surface area contributed by atoms with Crippen LogP contribution in [0.1, 0.15) is 20.3 Å². The first-order valence-corrected chi connectivity index (χ1v) is 5.39. The van der Waals surface area contributed by atoms with E-state index in [4.69, 9.17) is 9.47 Å². The maximum absolute atomic E-state index is 11.6. The Labute approximate surface area is 97.5 Å². The van der Waals surface area contributed by atoms with E-state index in [-0.39, 0.29) is 12.1 Å². The third-order valence-electron chi connectivity index (χ3n) is 1.98. The zero-order chi connectivity index (χ0) is 12.6. The Kier molecular flexibility index (Phi) is 7.09. The molecule has 4 heteroatoms. The van der Waals surface area contributed by atoms with Crippen LogP contribution in [-0.4, -0.2) is 37.7 Å². The summed E-state index contributed by atoms with van der Waals surface area (Å²) in [7, 11) is 3.59. The summed E-state index contributed by atoms with van der Waals surface area (Å²) in [5, 5.41) is 0. The van der Waals surface area contributed by atoms with Crippen molar-refractivity contribution in [2.45, 2.75) is 26.4 Å². The number of carbonyl (C=O) groups excluding carboxylic acids is 1. The second-order valence-corrected chi connectivity index (χ2v) is 3.42. The molecule has 0 saturated carbocycles. The minimum absolute atomic E-state index is 0.153. The van der Waals surface area contributed by atoms with E-state index in [1.807, 2.05) is 6.92 Å². The van der Waals surface area contributed by atoms with Crippen molar-refractivity contribution in [3.05, 3.63) is 24.6 Å². The molecule has 92 valence electrons. The van der Waals surface area contributed by atoms with E-state index in [2.05, 4.69) is 6.58 Å². The van der Waals surface area contributed by atoms with Gasteiger partial charge in [-0.1, -0.05) is 13.5 Å². The van der Waals surface area contributed by atoms with E-state index in [1.54, 1.807) is 32.0 Å². The van der Waals surface area contributed by atoms with Crippen LogP contribution in [0.5, 0.6) is 0 Å². The van der Waals surface area contributed by atoms with Crippen molar-refractivity contribution >= 4 is 5.97 Å². The fraction of sp³-hybridized carbons (Fsp3) is 0.583. The Hall–Kier alpha value is -1.45. The van der Waals surface area contributed by atoms with Gasteiger partial charge in [0.15, 0.2) is 0 Å². The summed E-state index contributed by atoms with van der Waals surface area (Å²) in [6.45, 7) is 7.62. The van der Waals surface area contributed by atoms with Gasteiger partial charge in [0, 0.05) is 14.1 Å². The van der Waals surface area contributed by atoms with Gasteiger partial charge in [0.25, 0.3) is 0 Å². The number of esters is 1. The van der Waals surface area contributed by atoms with E-state index >= 15 is 0 Å². The van der Waals surface area contributed by atoms with Gasteiger partial charge >= 0.3 is 5.97 Å². The lowest BCUT2D eigenvalue weighted by atomic mass is 10.2. The molecular formula is C12H21NO3. The van der Waals surface area contributed by atoms with Crippen molar-refractivity contribution in [3.63, 3.8) is 0 Å². The highest BCUT2D eigenvalue weighted by molar-refractivity contribution is 5.87. The third kappa shape index (κ3) is 4.87. The second kappa shape index (κ2) is 7.79. The lowest BCUT2D eigenvalue weighted by molar-refractivity contribution is -0.140. The molecule has 0 aliphatic heterocycles. The lowest BCUT2D eigenvalue weighted by Gasteiger charge is -2.18. The van der Waals surface area contributed by atoms with Crippen LogP contribution in [-0.2, 0) is 14.3 Å². The summed E-state index contributed by atoms with van der Waals surface area (Å²) in [4.78, 5) is 13.3. The van der Waals surface area contributed by atoms with Crippen LogP contribution in [0.3, 0.4) is 0 Å². The van der Waals surface area contributed by atoms with Gasteiger partial charge in [-0.05, 0) is 19.4 Å². The van der Waals surface area contributed by atoms with E-state index in [0.717, 1.165) is 6.42 Å². The van der Waals surface area contributed by atoms with Gasteiger partial charge in [-0.15, -0.1) is 0 Å². The molecule has 0 rings (SSSR count). The molecule has 0 radical (unpaired) electrons. The van der Waals surface area contributed by atoms with Crippen molar-refractivity contribution in [3.8, 4) is 0 Å². The first kappa shape index (κ1) is 14.6. The topological polar surface area (TPSA) is 38.8 Å². The van der Waals surface area contributed by atoms with Crippen LogP contribution in [0.2, 0.25) is 0 Å². The Morgan fingerprint density at radius 2 is 2.06 bits per heavy atom. The molecule has 0 saturated heterocycles. The van der Waals surface area contributed by atoms with Crippen molar-refractivity contribution in [1.82, 2.24) is 4.90 Å². The second-order valence-electron chi connectivity index (χ2n) is 3.42. The van der Waals surface area contributed by atoms with Crippen molar-refractivity contribution < 1.29 is 14.3 Å². The van der Waals surface area contributed by atoms with Gasteiger partial charge in [0.1, 0.15) is 11.8 Å². The van der Waals surface area contributed by atoms with Gasteiger partial charge in [0.2, 0.25) is 0 Å². The summed E-state index contributed by atoms with van der Waals surface area (Å²) >= 11 is 0. The highest BCUT2D eigenvalue weighted by atomic mass is 16.5. The van der Waals surface area contributed by atoms with Crippen LogP contribution >= 0.6 is 0 Å².